The lowest BCUT2D eigenvalue weighted by molar-refractivity contribution is -0.148. The average Bonchev–Trinajstić information content (AvgIpc) is 3.33. The van der Waals surface area contributed by atoms with Crippen LogP contribution < -0.4 is 10.6 Å². The lowest BCUT2D eigenvalue weighted by Crippen LogP contribution is -2.62. The third kappa shape index (κ3) is 5.10. The molecule has 178 valence electrons. The van der Waals surface area contributed by atoms with Crippen LogP contribution in [-0.2, 0) is 20.9 Å². The Morgan fingerprint density at radius 2 is 1.57 bits per heavy atom. The minimum absolute atomic E-state index is 0.105. The highest BCUT2D eigenvalue weighted by atomic mass is 16.5. The molecule has 0 unspecified atom stereocenters. The van der Waals surface area contributed by atoms with E-state index in [1.807, 2.05) is 72.8 Å². The molecule has 3 aromatic rings. The van der Waals surface area contributed by atoms with Crippen molar-refractivity contribution in [1.82, 2.24) is 15.5 Å². The highest BCUT2D eigenvalue weighted by molar-refractivity contribution is 5.98. The van der Waals surface area contributed by atoms with Crippen molar-refractivity contribution in [3.05, 3.63) is 96.1 Å². The fourth-order valence-corrected chi connectivity index (χ4v) is 4.66. The molecule has 5 rings (SSSR count). The fraction of sp³-hybridized carbons (Fsp3) is 0.250. The minimum Gasteiger partial charge on any atom is -0.374 e. The highest BCUT2D eigenvalue weighted by Gasteiger charge is 2.46. The number of benzene rings is 3. The summed E-state index contributed by atoms with van der Waals surface area (Å²) < 4.78 is 5.69. The fourth-order valence-electron chi connectivity index (χ4n) is 4.66. The van der Waals surface area contributed by atoms with E-state index in [1.165, 1.54) is 0 Å². The monoisotopic (exact) mass is 469 g/mol. The van der Waals surface area contributed by atoms with Gasteiger partial charge < -0.3 is 20.3 Å². The second-order valence-electron chi connectivity index (χ2n) is 8.92. The highest BCUT2D eigenvalue weighted by Crippen LogP contribution is 2.24. The van der Waals surface area contributed by atoms with E-state index in [-0.39, 0.29) is 30.4 Å². The van der Waals surface area contributed by atoms with Gasteiger partial charge >= 0.3 is 0 Å². The van der Waals surface area contributed by atoms with Gasteiger partial charge in [-0.3, -0.25) is 14.4 Å². The number of carbonyl (C=O) groups excluding carboxylic acids is 3. The molecule has 2 heterocycles. The maximum atomic E-state index is 13.0. The molecule has 3 atom stereocenters. The van der Waals surface area contributed by atoms with Crippen LogP contribution in [0, 0.1) is 0 Å². The van der Waals surface area contributed by atoms with Crippen LogP contribution in [0.2, 0.25) is 0 Å². The largest absolute Gasteiger partial charge is 0.374 e. The smallest absolute Gasteiger partial charge is 0.251 e. The van der Waals surface area contributed by atoms with Crippen molar-refractivity contribution in [2.75, 3.05) is 13.2 Å². The Balaban J connectivity index is 1.16. The lowest BCUT2D eigenvalue weighted by atomic mass is 10.0. The maximum Gasteiger partial charge on any atom is 0.251 e. The van der Waals surface area contributed by atoms with Crippen LogP contribution in [0.25, 0.3) is 11.1 Å². The number of amides is 3. The van der Waals surface area contributed by atoms with Crippen molar-refractivity contribution in [3.63, 3.8) is 0 Å². The molecule has 0 aromatic heterocycles. The maximum absolute atomic E-state index is 13.0. The van der Waals surface area contributed by atoms with E-state index in [9.17, 15) is 14.4 Å². The van der Waals surface area contributed by atoms with E-state index < -0.39 is 12.1 Å². The van der Waals surface area contributed by atoms with Crippen LogP contribution in [0.1, 0.15) is 22.3 Å². The number of hydrogen-bond donors (Lipinski definition) is 2. The Kier molecular flexibility index (Phi) is 6.59. The molecule has 2 aliphatic heterocycles. The summed E-state index contributed by atoms with van der Waals surface area (Å²) in [5.74, 6) is -0.599. The first-order valence-corrected chi connectivity index (χ1v) is 11.8. The predicted octanol–water partition coefficient (Wildman–Crippen LogP) is 2.77. The Morgan fingerprint density at radius 1 is 0.914 bits per heavy atom. The second kappa shape index (κ2) is 10.1. The minimum atomic E-state index is -0.720. The molecule has 2 fully saturated rings. The van der Waals surface area contributed by atoms with E-state index in [0.717, 1.165) is 16.7 Å². The molecular weight excluding hydrogens is 442 g/mol. The summed E-state index contributed by atoms with van der Waals surface area (Å²) in [6.45, 7) is 0.777. The van der Waals surface area contributed by atoms with E-state index >= 15 is 0 Å². The molecule has 7 nitrogen and oxygen atoms in total. The van der Waals surface area contributed by atoms with Crippen molar-refractivity contribution in [2.45, 2.75) is 31.2 Å². The number of fused-ring (bicyclic) bond motifs is 1. The average molecular weight is 470 g/mol. The Hall–Kier alpha value is -3.97. The van der Waals surface area contributed by atoms with Gasteiger partial charge in [-0.05, 0) is 35.2 Å². The van der Waals surface area contributed by atoms with Crippen molar-refractivity contribution in [1.29, 1.82) is 0 Å². The van der Waals surface area contributed by atoms with E-state index in [0.29, 0.717) is 25.1 Å². The first-order chi connectivity index (χ1) is 17.1. The molecule has 2 N–H and O–H groups in total. The molecule has 35 heavy (non-hydrogen) atoms. The standard InChI is InChI=1S/C28H27N3O4/c32-26(22-13-11-21(12-14-22)20-9-5-2-6-10-20)29-23-15-25-27(33)30-24(28(34)31(25)16-23)18-35-17-19-7-3-1-4-8-19/h1-14,23-25H,15-18H2,(H,29,32)(H,30,33)/t23-,24-,25-/m0/s1. The second-order valence-corrected chi connectivity index (χ2v) is 8.92. The molecule has 3 amide bonds. The summed E-state index contributed by atoms with van der Waals surface area (Å²) >= 11 is 0. The first-order valence-electron chi connectivity index (χ1n) is 11.8. The number of piperazine rings is 1. The van der Waals surface area contributed by atoms with Crippen LogP contribution >= 0.6 is 0 Å². The summed E-state index contributed by atoms with van der Waals surface area (Å²) in [5.41, 5.74) is 3.65. The number of nitrogens with zero attached hydrogens (tertiary/aromatic N) is 1. The van der Waals surface area contributed by atoms with Gasteiger partial charge in [-0.25, -0.2) is 0 Å². The van der Waals surface area contributed by atoms with Crippen molar-refractivity contribution >= 4 is 17.7 Å². The van der Waals surface area contributed by atoms with Gasteiger partial charge in [0.05, 0.1) is 13.2 Å². The van der Waals surface area contributed by atoms with Crippen molar-refractivity contribution in [3.8, 4) is 11.1 Å². The van der Waals surface area contributed by atoms with Crippen LogP contribution in [-0.4, -0.2) is 53.9 Å². The van der Waals surface area contributed by atoms with E-state index in [4.69, 9.17) is 4.74 Å². The number of rotatable bonds is 7. The summed E-state index contributed by atoms with van der Waals surface area (Å²) in [4.78, 5) is 40.0. The van der Waals surface area contributed by atoms with Crippen LogP contribution in [0.15, 0.2) is 84.9 Å². The lowest BCUT2D eigenvalue weighted by Gasteiger charge is -2.34. The molecule has 0 saturated carbocycles. The first kappa shape index (κ1) is 22.8. The van der Waals surface area contributed by atoms with Gasteiger partial charge in [0.1, 0.15) is 12.1 Å². The quantitative estimate of drug-likeness (QED) is 0.557. The number of nitrogens with one attached hydrogen (secondary N) is 2. The topological polar surface area (TPSA) is 87.7 Å². The molecule has 0 aliphatic carbocycles. The zero-order chi connectivity index (χ0) is 24.2. The number of carbonyl (C=O) groups is 3. The van der Waals surface area contributed by atoms with Crippen molar-refractivity contribution < 1.29 is 19.1 Å². The summed E-state index contributed by atoms with van der Waals surface area (Å²) in [7, 11) is 0. The Morgan fingerprint density at radius 3 is 2.29 bits per heavy atom. The predicted molar refractivity (Wildman–Crippen MR) is 131 cm³/mol. The van der Waals surface area contributed by atoms with E-state index in [2.05, 4.69) is 10.6 Å². The van der Waals surface area contributed by atoms with Gasteiger partial charge in [0.25, 0.3) is 5.91 Å². The van der Waals surface area contributed by atoms with Crippen LogP contribution in [0.3, 0.4) is 0 Å². The molecule has 0 spiro atoms. The van der Waals surface area contributed by atoms with Gasteiger partial charge in [0.2, 0.25) is 11.8 Å². The molecule has 2 aliphatic rings. The zero-order valence-corrected chi connectivity index (χ0v) is 19.2. The third-order valence-electron chi connectivity index (χ3n) is 6.49. The summed E-state index contributed by atoms with van der Waals surface area (Å²) in [6.07, 6.45) is 0.392. The van der Waals surface area contributed by atoms with Gasteiger partial charge in [0.15, 0.2) is 0 Å². The third-order valence-corrected chi connectivity index (χ3v) is 6.49. The van der Waals surface area contributed by atoms with Crippen LogP contribution in [0.5, 0.6) is 0 Å². The normalized spacial score (nSPS) is 21.4. The van der Waals surface area contributed by atoms with E-state index in [1.54, 1.807) is 17.0 Å². The van der Waals surface area contributed by atoms with Gasteiger partial charge in [-0.15, -0.1) is 0 Å². The SMILES string of the molecule is O=C(N[C@H]1C[C@H]2C(=O)N[C@@H](COCc3ccccc3)C(=O)N2C1)c1ccc(-c2ccccc2)cc1. The van der Waals surface area contributed by atoms with Crippen molar-refractivity contribution in [2.24, 2.45) is 0 Å². The number of hydrogen-bond acceptors (Lipinski definition) is 4. The molecule has 0 radical (unpaired) electrons. The van der Waals surface area contributed by atoms with Crippen LogP contribution in [0.4, 0.5) is 0 Å². The van der Waals surface area contributed by atoms with Gasteiger partial charge in [-0.1, -0.05) is 72.8 Å². The molecular formula is C28H27N3O4. The Labute approximate surface area is 204 Å². The molecule has 7 heteroatoms. The van der Waals surface area contributed by atoms with Gasteiger partial charge in [0, 0.05) is 18.2 Å². The molecule has 3 aromatic carbocycles. The molecule has 2 saturated heterocycles. The summed E-state index contributed by atoms with van der Waals surface area (Å²) in [6, 6.07) is 25.4. The molecule has 0 bridgehead atoms. The zero-order valence-electron chi connectivity index (χ0n) is 19.2. The van der Waals surface area contributed by atoms with Gasteiger partial charge in [-0.2, -0.15) is 0 Å². The summed E-state index contributed by atoms with van der Waals surface area (Å²) in [5, 5.41) is 5.77. The Bertz CT molecular complexity index is 1200. The number of ether oxygens (including phenoxy) is 1.